The number of halogens is 3. The van der Waals surface area contributed by atoms with E-state index in [1.807, 2.05) is 0 Å². The molecule has 20 heavy (non-hydrogen) atoms. The summed E-state index contributed by atoms with van der Waals surface area (Å²) in [6, 6.07) is 1.29. The topological polar surface area (TPSA) is 63.6 Å². The first-order chi connectivity index (χ1) is 9.50. The Bertz CT molecular complexity index is 611. The Morgan fingerprint density at radius 3 is 2.80 bits per heavy atom. The number of rotatable bonds is 4. The summed E-state index contributed by atoms with van der Waals surface area (Å²) in [5.74, 6) is 0. The van der Waals surface area contributed by atoms with Crippen LogP contribution in [0.3, 0.4) is 0 Å². The van der Waals surface area contributed by atoms with Gasteiger partial charge in [-0.3, -0.25) is 0 Å². The van der Waals surface area contributed by atoms with Crippen molar-refractivity contribution in [3.8, 4) is 0 Å². The van der Waals surface area contributed by atoms with E-state index in [9.17, 15) is 13.2 Å². The third-order valence-corrected chi connectivity index (χ3v) is 4.20. The average molecular weight is 319 g/mol. The minimum Gasteiger partial charge on any atom is -0.357 e. The monoisotopic (exact) mass is 319 g/mol. The van der Waals surface area contributed by atoms with Gasteiger partial charge in [0.15, 0.2) is 9.50 Å². The summed E-state index contributed by atoms with van der Waals surface area (Å²) in [6.45, 7) is 0. The number of aromatic nitrogens is 4. The molecule has 0 unspecified atom stereocenters. The number of nitrogens with zero attached hydrogens (tertiary/aromatic N) is 4. The van der Waals surface area contributed by atoms with Gasteiger partial charge in [-0.2, -0.15) is 13.2 Å². The number of nitrogens with one attached hydrogen (secondary N) is 1. The van der Waals surface area contributed by atoms with Crippen LogP contribution in [0.15, 0.2) is 21.8 Å². The number of anilines is 1. The SMILES string of the molecule is FC(F)(F)c1ccnc(Sc2nnc(NC3CC3)s2)n1. The molecule has 0 amide bonds. The molecule has 0 radical (unpaired) electrons. The maximum absolute atomic E-state index is 12.5. The highest BCUT2D eigenvalue weighted by molar-refractivity contribution is 8.00. The summed E-state index contributed by atoms with van der Waals surface area (Å²) in [5, 5.41) is 11.7. The summed E-state index contributed by atoms with van der Waals surface area (Å²) in [7, 11) is 0. The lowest BCUT2D eigenvalue weighted by Gasteiger charge is -2.05. The van der Waals surface area contributed by atoms with Crippen molar-refractivity contribution in [2.24, 2.45) is 0 Å². The molecule has 0 aliphatic heterocycles. The number of hydrogen-bond acceptors (Lipinski definition) is 7. The highest BCUT2D eigenvalue weighted by atomic mass is 32.2. The zero-order chi connectivity index (χ0) is 14.2. The molecule has 106 valence electrons. The minimum atomic E-state index is -4.47. The van der Waals surface area contributed by atoms with Gasteiger partial charge in [0.2, 0.25) is 5.13 Å². The van der Waals surface area contributed by atoms with Crippen LogP contribution >= 0.6 is 23.1 Å². The first kappa shape index (κ1) is 13.6. The Morgan fingerprint density at radius 1 is 1.30 bits per heavy atom. The summed E-state index contributed by atoms with van der Waals surface area (Å²) >= 11 is 2.25. The Hall–Kier alpha value is -1.42. The van der Waals surface area contributed by atoms with Gasteiger partial charge in [0, 0.05) is 12.2 Å². The van der Waals surface area contributed by atoms with Gasteiger partial charge in [0.25, 0.3) is 0 Å². The highest BCUT2D eigenvalue weighted by Crippen LogP contribution is 2.34. The van der Waals surface area contributed by atoms with E-state index >= 15 is 0 Å². The number of alkyl halides is 3. The van der Waals surface area contributed by atoms with Crippen molar-refractivity contribution in [2.45, 2.75) is 34.6 Å². The van der Waals surface area contributed by atoms with Crippen LogP contribution in [-0.2, 0) is 6.18 Å². The van der Waals surface area contributed by atoms with E-state index in [0.29, 0.717) is 15.5 Å². The molecular formula is C10H8F3N5S2. The van der Waals surface area contributed by atoms with Crippen molar-refractivity contribution in [3.63, 3.8) is 0 Å². The lowest BCUT2D eigenvalue weighted by Crippen LogP contribution is -2.08. The molecule has 0 saturated heterocycles. The fourth-order valence-corrected chi connectivity index (χ4v) is 3.01. The summed E-state index contributed by atoms with van der Waals surface area (Å²) < 4.78 is 38.1. The molecule has 0 bridgehead atoms. The molecule has 0 aromatic carbocycles. The molecule has 1 saturated carbocycles. The van der Waals surface area contributed by atoms with E-state index < -0.39 is 11.9 Å². The lowest BCUT2D eigenvalue weighted by atomic mass is 10.4. The second-order valence-electron chi connectivity index (χ2n) is 4.12. The van der Waals surface area contributed by atoms with Gasteiger partial charge in [0.05, 0.1) is 0 Å². The molecule has 3 rings (SSSR count). The van der Waals surface area contributed by atoms with Gasteiger partial charge in [-0.15, -0.1) is 10.2 Å². The van der Waals surface area contributed by atoms with Gasteiger partial charge in [-0.05, 0) is 30.7 Å². The molecule has 1 aliphatic carbocycles. The molecule has 2 aromatic heterocycles. The van der Waals surface area contributed by atoms with Gasteiger partial charge in [-0.1, -0.05) is 11.3 Å². The summed E-state index contributed by atoms with van der Waals surface area (Å²) in [6.07, 6.45) is -1.17. The fourth-order valence-electron chi connectivity index (χ4n) is 1.34. The average Bonchev–Trinajstić information content (AvgIpc) is 3.09. The van der Waals surface area contributed by atoms with Crippen molar-refractivity contribution >= 4 is 28.2 Å². The van der Waals surface area contributed by atoms with Crippen LogP contribution in [0.1, 0.15) is 18.5 Å². The lowest BCUT2D eigenvalue weighted by molar-refractivity contribution is -0.141. The molecule has 5 nitrogen and oxygen atoms in total. The van der Waals surface area contributed by atoms with Crippen LogP contribution in [-0.4, -0.2) is 26.2 Å². The van der Waals surface area contributed by atoms with Crippen LogP contribution in [0, 0.1) is 0 Å². The number of hydrogen-bond donors (Lipinski definition) is 1. The van der Waals surface area contributed by atoms with E-state index in [4.69, 9.17) is 0 Å². The minimum absolute atomic E-state index is 0.00828. The molecule has 10 heteroatoms. The van der Waals surface area contributed by atoms with E-state index in [-0.39, 0.29) is 5.16 Å². The Kier molecular flexibility index (Phi) is 3.50. The van der Waals surface area contributed by atoms with Gasteiger partial charge in [0.1, 0.15) is 5.69 Å². The van der Waals surface area contributed by atoms with Crippen molar-refractivity contribution in [2.75, 3.05) is 5.32 Å². The predicted octanol–water partition coefficient (Wildman–Crippen LogP) is 3.07. The van der Waals surface area contributed by atoms with E-state index in [1.54, 1.807) is 0 Å². The third kappa shape index (κ3) is 3.37. The van der Waals surface area contributed by atoms with Crippen LogP contribution in [0.5, 0.6) is 0 Å². The largest absolute Gasteiger partial charge is 0.433 e. The van der Waals surface area contributed by atoms with Crippen molar-refractivity contribution < 1.29 is 13.2 Å². The summed E-state index contributed by atoms with van der Waals surface area (Å²) in [4.78, 5) is 7.27. The Morgan fingerprint density at radius 2 is 2.10 bits per heavy atom. The predicted molar refractivity (Wildman–Crippen MR) is 67.7 cm³/mol. The molecule has 1 N–H and O–H groups in total. The third-order valence-electron chi connectivity index (χ3n) is 2.41. The van der Waals surface area contributed by atoms with Gasteiger partial charge >= 0.3 is 6.18 Å². The van der Waals surface area contributed by atoms with Crippen LogP contribution < -0.4 is 5.32 Å². The Balaban J connectivity index is 1.71. The molecule has 0 atom stereocenters. The van der Waals surface area contributed by atoms with Gasteiger partial charge in [-0.25, -0.2) is 9.97 Å². The summed E-state index contributed by atoms with van der Waals surface area (Å²) in [5.41, 5.74) is -0.962. The molecule has 0 spiro atoms. The van der Waals surface area contributed by atoms with Crippen molar-refractivity contribution in [1.29, 1.82) is 0 Å². The zero-order valence-electron chi connectivity index (χ0n) is 9.89. The quantitative estimate of drug-likeness (QED) is 0.874. The van der Waals surface area contributed by atoms with Gasteiger partial charge < -0.3 is 5.32 Å². The first-order valence-corrected chi connectivity index (χ1v) is 7.32. The maximum Gasteiger partial charge on any atom is 0.433 e. The standard InChI is InChI=1S/C10H8F3N5S2/c11-10(12,13)6-3-4-14-7(16-6)19-9-18-17-8(20-9)15-5-1-2-5/h3-5H,1-2H2,(H,15,17). The van der Waals surface area contributed by atoms with Crippen molar-refractivity contribution in [3.05, 3.63) is 18.0 Å². The maximum atomic E-state index is 12.5. The second-order valence-corrected chi connectivity index (χ2v) is 6.31. The second kappa shape index (κ2) is 5.17. The van der Waals surface area contributed by atoms with E-state index in [1.165, 1.54) is 11.3 Å². The smallest absolute Gasteiger partial charge is 0.357 e. The fraction of sp³-hybridized carbons (Fsp3) is 0.400. The molecular weight excluding hydrogens is 311 g/mol. The first-order valence-electron chi connectivity index (χ1n) is 5.69. The molecule has 1 fully saturated rings. The van der Waals surface area contributed by atoms with Crippen LogP contribution in [0.4, 0.5) is 18.3 Å². The van der Waals surface area contributed by atoms with Crippen molar-refractivity contribution in [1.82, 2.24) is 20.2 Å². The van der Waals surface area contributed by atoms with Crippen LogP contribution in [0.25, 0.3) is 0 Å². The molecule has 1 aliphatic rings. The molecule has 2 heterocycles. The van der Waals surface area contributed by atoms with E-state index in [0.717, 1.165) is 36.9 Å². The van der Waals surface area contributed by atoms with E-state index in [2.05, 4.69) is 25.5 Å². The highest BCUT2D eigenvalue weighted by Gasteiger charge is 2.33. The Labute approximate surface area is 120 Å². The zero-order valence-corrected chi connectivity index (χ0v) is 11.5. The van der Waals surface area contributed by atoms with Crippen LogP contribution in [0.2, 0.25) is 0 Å². The molecule has 2 aromatic rings. The normalized spacial score (nSPS) is 15.3.